The van der Waals surface area contributed by atoms with E-state index in [4.69, 9.17) is 0 Å². The van der Waals surface area contributed by atoms with E-state index in [1.54, 1.807) is 0 Å². The molecule has 1 heterocycles. The number of aliphatic hydroxyl groups excluding tert-OH is 1. The Morgan fingerprint density at radius 1 is 1.44 bits per heavy atom. The standard InChI is InChI=1S/C21H30O3S/c1-3-15(18(24)11-22)20(2)6-5-16-13(10-20)8-19-17-9-14(23)4-7-21(16,17)12-25-19/h9,13,15-16,19,22H,3-8,10-12H2,1-2H3/t13?,15?,16?,19-,20+,21+/m1/s1. The highest BCUT2D eigenvalue weighted by Gasteiger charge is 2.60. The number of hydrogen-bond donors (Lipinski definition) is 1. The number of allylic oxidation sites excluding steroid dienone is 1. The van der Waals surface area contributed by atoms with Crippen molar-refractivity contribution in [2.45, 2.75) is 64.0 Å². The average Bonchev–Trinajstić information content (AvgIpc) is 2.86. The monoisotopic (exact) mass is 362 g/mol. The molecule has 6 atom stereocenters. The van der Waals surface area contributed by atoms with Gasteiger partial charge in [-0.25, -0.2) is 0 Å². The molecule has 2 saturated carbocycles. The van der Waals surface area contributed by atoms with Crippen LogP contribution in [0.4, 0.5) is 0 Å². The molecule has 0 aromatic rings. The third-order valence-electron chi connectivity index (χ3n) is 7.94. The van der Waals surface area contributed by atoms with Gasteiger partial charge in [-0.1, -0.05) is 13.8 Å². The van der Waals surface area contributed by atoms with Crippen molar-refractivity contribution in [2.75, 3.05) is 12.4 Å². The van der Waals surface area contributed by atoms with Crippen LogP contribution in [0.25, 0.3) is 0 Å². The van der Waals surface area contributed by atoms with E-state index < -0.39 is 0 Å². The van der Waals surface area contributed by atoms with Crippen molar-refractivity contribution in [1.82, 2.24) is 0 Å². The quantitative estimate of drug-likeness (QED) is 0.827. The van der Waals surface area contributed by atoms with Crippen molar-refractivity contribution in [3.05, 3.63) is 11.6 Å². The predicted molar refractivity (Wildman–Crippen MR) is 100 cm³/mol. The van der Waals surface area contributed by atoms with Gasteiger partial charge in [0.25, 0.3) is 0 Å². The van der Waals surface area contributed by atoms with Crippen LogP contribution < -0.4 is 0 Å². The molecule has 0 amide bonds. The Morgan fingerprint density at radius 2 is 2.24 bits per heavy atom. The van der Waals surface area contributed by atoms with Crippen molar-refractivity contribution >= 4 is 23.3 Å². The van der Waals surface area contributed by atoms with Gasteiger partial charge in [0.15, 0.2) is 11.6 Å². The third-order valence-corrected chi connectivity index (χ3v) is 9.47. The van der Waals surface area contributed by atoms with Crippen LogP contribution in [-0.2, 0) is 9.59 Å². The minimum atomic E-state index is -0.320. The van der Waals surface area contributed by atoms with Crippen molar-refractivity contribution in [2.24, 2.45) is 28.6 Å². The normalized spacial score (nSPS) is 43.9. The van der Waals surface area contributed by atoms with Crippen LogP contribution in [0.2, 0.25) is 0 Å². The Balaban J connectivity index is 1.62. The lowest BCUT2D eigenvalue weighted by Crippen LogP contribution is -2.50. The molecule has 3 nitrogen and oxygen atoms in total. The number of fused-ring (bicyclic) bond motifs is 1. The summed E-state index contributed by atoms with van der Waals surface area (Å²) < 4.78 is 0. The Bertz CT molecular complexity index is 627. The second-order valence-electron chi connectivity index (χ2n) is 9.11. The highest BCUT2D eigenvalue weighted by Crippen LogP contribution is 2.67. The van der Waals surface area contributed by atoms with E-state index in [0.717, 1.165) is 32.1 Å². The Hall–Kier alpha value is -0.610. The summed E-state index contributed by atoms with van der Waals surface area (Å²) in [6, 6.07) is 0. The second kappa shape index (κ2) is 6.23. The van der Waals surface area contributed by atoms with E-state index in [9.17, 15) is 14.7 Å². The molecule has 2 bridgehead atoms. The summed E-state index contributed by atoms with van der Waals surface area (Å²) in [4.78, 5) is 24.3. The number of thioether (sulfide) groups is 1. The lowest BCUT2D eigenvalue weighted by atomic mass is 9.48. The molecule has 4 aliphatic rings. The van der Waals surface area contributed by atoms with E-state index >= 15 is 0 Å². The Morgan fingerprint density at radius 3 is 2.96 bits per heavy atom. The van der Waals surface area contributed by atoms with E-state index in [-0.39, 0.29) is 29.1 Å². The molecular weight excluding hydrogens is 332 g/mol. The molecule has 3 aliphatic carbocycles. The number of carbonyl (C=O) groups is 2. The molecule has 0 aromatic heterocycles. The van der Waals surface area contributed by atoms with Crippen LogP contribution in [0, 0.1) is 28.6 Å². The van der Waals surface area contributed by atoms with Gasteiger partial charge >= 0.3 is 0 Å². The zero-order valence-corrected chi connectivity index (χ0v) is 16.2. The largest absolute Gasteiger partial charge is 0.389 e. The highest BCUT2D eigenvalue weighted by atomic mass is 32.2. The first-order valence-electron chi connectivity index (χ1n) is 9.93. The molecule has 3 fully saturated rings. The lowest BCUT2D eigenvalue weighted by molar-refractivity contribution is -0.133. The van der Waals surface area contributed by atoms with Crippen LogP contribution in [-0.4, -0.2) is 34.3 Å². The van der Waals surface area contributed by atoms with Gasteiger partial charge in [0, 0.05) is 28.8 Å². The van der Waals surface area contributed by atoms with E-state index in [2.05, 4.69) is 25.6 Å². The lowest BCUT2D eigenvalue weighted by Gasteiger charge is -2.55. The maximum atomic E-state index is 12.3. The van der Waals surface area contributed by atoms with Gasteiger partial charge < -0.3 is 5.11 Å². The molecule has 1 aliphatic heterocycles. The van der Waals surface area contributed by atoms with Crippen molar-refractivity contribution < 1.29 is 14.7 Å². The predicted octanol–water partition coefficient (Wildman–Crippen LogP) is 3.79. The molecule has 0 aromatic carbocycles. The van der Waals surface area contributed by atoms with Crippen LogP contribution in [0.1, 0.15) is 58.8 Å². The summed E-state index contributed by atoms with van der Waals surface area (Å²) >= 11 is 2.07. The molecule has 0 radical (unpaired) electrons. The fourth-order valence-corrected chi connectivity index (χ4v) is 8.73. The first kappa shape index (κ1) is 17.8. The number of aliphatic hydroxyl groups is 1. The van der Waals surface area contributed by atoms with Gasteiger partial charge in [0.2, 0.25) is 0 Å². The van der Waals surface area contributed by atoms with Crippen molar-refractivity contribution in [1.29, 1.82) is 0 Å². The Labute approximate surface area is 155 Å². The minimum Gasteiger partial charge on any atom is -0.389 e. The SMILES string of the molecule is CCC(C(=O)CO)[C@@]1(C)CCC2C(C[C@H]3SC[C@@]24CCC(=O)C=C34)C1. The highest BCUT2D eigenvalue weighted by molar-refractivity contribution is 8.00. The fraction of sp³-hybridized carbons (Fsp3) is 0.810. The summed E-state index contributed by atoms with van der Waals surface area (Å²) in [5.74, 6) is 2.90. The topological polar surface area (TPSA) is 54.4 Å². The number of ketones is 2. The minimum absolute atomic E-state index is 0.00821. The number of Topliss-reactive ketones (excluding diaryl/α,β-unsaturated/α-hetero) is 1. The van der Waals surface area contributed by atoms with Crippen LogP contribution in [0.5, 0.6) is 0 Å². The van der Waals surface area contributed by atoms with Crippen molar-refractivity contribution in [3.8, 4) is 0 Å². The van der Waals surface area contributed by atoms with Gasteiger partial charge in [-0.3, -0.25) is 9.59 Å². The number of carbonyl (C=O) groups excluding carboxylic acids is 2. The molecule has 25 heavy (non-hydrogen) atoms. The van der Waals surface area contributed by atoms with Gasteiger partial charge in [0.1, 0.15) is 6.61 Å². The summed E-state index contributed by atoms with van der Waals surface area (Å²) in [7, 11) is 0. The maximum absolute atomic E-state index is 12.3. The van der Waals surface area contributed by atoms with Crippen LogP contribution in [0.3, 0.4) is 0 Å². The van der Waals surface area contributed by atoms with E-state index in [1.165, 1.54) is 24.2 Å². The molecule has 1 N–H and O–H groups in total. The summed E-state index contributed by atoms with van der Waals surface area (Å²) in [6.07, 6.45) is 9.14. The van der Waals surface area contributed by atoms with Crippen LogP contribution in [0.15, 0.2) is 11.6 Å². The maximum Gasteiger partial charge on any atom is 0.161 e. The van der Waals surface area contributed by atoms with E-state index in [1.807, 2.05) is 6.08 Å². The second-order valence-corrected chi connectivity index (χ2v) is 10.3. The fourth-order valence-electron chi connectivity index (χ4n) is 6.84. The zero-order chi connectivity index (χ0) is 17.8. The number of rotatable bonds is 4. The third kappa shape index (κ3) is 2.58. The molecule has 4 rings (SSSR count). The molecule has 138 valence electrons. The van der Waals surface area contributed by atoms with Crippen molar-refractivity contribution in [3.63, 3.8) is 0 Å². The van der Waals surface area contributed by atoms with Gasteiger partial charge in [-0.2, -0.15) is 11.8 Å². The molecule has 4 heteroatoms. The molecule has 0 spiro atoms. The van der Waals surface area contributed by atoms with Gasteiger partial charge in [-0.15, -0.1) is 0 Å². The zero-order valence-electron chi connectivity index (χ0n) is 15.4. The smallest absolute Gasteiger partial charge is 0.161 e. The molecular formula is C21H30O3S. The first-order chi connectivity index (χ1) is 11.9. The summed E-state index contributed by atoms with van der Waals surface area (Å²) in [5, 5.41) is 9.92. The summed E-state index contributed by atoms with van der Waals surface area (Å²) in [6.45, 7) is 4.05. The summed E-state index contributed by atoms with van der Waals surface area (Å²) in [5.41, 5.74) is 1.77. The van der Waals surface area contributed by atoms with E-state index in [0.29, 0.717) is 22.9 Å². The first-order valence-corrected chi connectivity index (χ1v) is 11.0. The molecule has 3 unspecified atom stereocenters. The Kier molecular flexibility index (Phi) is 4.43. The van der Waals surface area contributed by atoms with Gasteiger partial charge in [0.05, 0.1) is 0 Å². The number of hydrogen-bond acceptors (Lipinski definition) is 4. The van der Waals surface area contributed by atoms with Crippen LogP contribution >= 0.6 is 11.8 Å². The average molecular weight is 363 g/mol. The van der Waals surface area contributed by atoms with Gasteiger partial charge in [-0.05, 0) is 67.4 Å². The molecule has 1 saturated heterocycles.